The molecule has 1 heterocycles. The van der Waals surface area contributed by atoms with Gasteiger partial charge in [-0.3, -0.25) is 4.79 Å². The summed E-state index contributed by atoms with van der Waals surface area (Å²) < 4.78 is 0. The summed E-state index contributed by atoms with van der Waals surface area (Å²) in [6.45, 7) is 6.89. The zero-order chi connectivity index (χ0) is 13.0. The van der Waals surface area contributed by atoms with Crippen LogP contribution in [0.1, 0.15) is 30.9 Å². The third-order valence-corrected chi connectivity index (χ3v) is 3.57. The first kappa shape index (κ1) is 13.1. The van der Waals surface area contributed by atoms with Crippen LogP contribution in [0.5, 0.6) is 0 Å². The van der Waals surface area contributed by atoms with Crippen LogP contribution in [0.25, 0.3) is 0 Å². The number of hydrogen-bond donors (Lipinski definition) is 1. The lowest BCUT2D eigenvalue weighted by Gasteiger charge is -2.22. The van der Waals surface area contributed by atoms with E-state index in [0.717, 1.165) is 32.5 Å². The largest absolute Gasteiger partial charge is 0.341 e. The van der Waals surface area contributed by atoms with Gasteiger partial charge in [0.2, 0.25) is 5.91 Å². The lowest BCUT2D eigenvalue weighted by Crippen LogP contribution is -2.39. The molecule has 0 radical (unpaired) electrons. The van der Waals surface area contributed by atoms with Crippen molar-refractivity contribution in [3.63, 3.8) is 0 Å². The maximum atomic E-state index is 11.5. The quantitative estimate of drug-likeness (QED) is 0.863. The van der Waals surface area contributed by atoms with Crippen LogP contribution in [0.15, 0.2) is 24.3 Å². The van der Waals surface area contributed by atoms with Gasteiger partial charge in [-0.05, 0) is 31.4 Å². The number of nitrogens with one attached hydrogen (secondary N) is 1. The molecule has 1 amide bonds. The van der Waals surface area contributed by atoms with E-state index in [-0.39, 0.29) is 0 Å². The first-order chi connectivity index (χ1) is 8.66. The van der Waals surface area contributed by atoms with Gasteiger partial charge >= 0.3 is 0 Å². The molecule has 1 saturated heterocycles. The van der Waals surface area contributed by atoms with Gasteiger partial charge in [-0.2, -0.15) is 0 Å². The molecule has 0 aromatic heterocycles. The third kappa shape index (κ3) is 3.33. The van der Waals surface area contributed by atoms with Crippen LogP contribution in [0.4, 0.5) is 0 Å². The molecule has 0 unspecified atom stereocenters. The van der Waals surface area contributed by atoms with Gasteiger partial charge in [0.1, 0.15) is 0 Å². The van der Waals surface area contributed by atoms with Crippen molar-refractivity contribution in [1.82, 2.24) is 10.2 Å². The minimum Gasteiger partial charge on any atom is -0.341 e. The fourth-order valence-corrected chi connectivity index (χ4v) is 2.38. The molecule has 0 bridgehead atoms. The summed E-state index contributed by atoms with van der Waals surface area (Å²) in [5.74, 6) is 0.305. The monoisotopic (exact) mass is 246 g/mol. The van der Waals surface area contributed by atoms with Crippen LogP contribution in [0.2, 0.25) is 0 Å². The average molecular weight is 246 g/mol. The Kier molecular flexibility index (Phi) is 4.37. The van der Waals surface area contributed by atoms with Crippen LogP contribution >= 0.6 is 0 Å². The van der Waals surface area contributed by atoms with E-state index < -0.39 is 0 Å². The van der Waals surface area contributed by atoms with Gasteiger partial charge in [-0.25, -0.2) is 0 Å². The van der Waals surface area contributed by atoms with Gasteiger partial charge in [-0.1, -0.05) is 24.3 Å². The van der Waals surface area contributed by atoms with E-state index in [1.54, 1.807) is 0 Å². The van der Waals surface area contributed by atoms with E-state index in [2.05, 4.69) is 43.4 Å². The Hall–Kier alpha value is -1.35. The molecule has 1 fully saturated rings. The van der Waals surface area contributed by atoms with Crippen LogP contribution in [-0.2, 0) is 11.3 Å². The number of aryl methyl sites for hydroxylation is 1. The first-order valence-electron chi connectivity index (χ1n) is 6.72. The maximum Gasteiger partial charge on any atom is 0.222 e. The van der Waals surface area contributed by atoms with Crippen molar-refractivity contribution in [3.05, 3.63) is 35.4 Å². The fourth-order valence-electron chi connectivity index (χ4n) is 2.38. The number of benzene rings is 1. The Balaban J connectivity index is 1.80. The highest BCUT2D eigenvalue weighted by Crippen LogP contribution is 2.10. The van der Waals surface area contributed by atoms with E-state index in [0.29, 0.717) is 11.9 Å². The summed E-state index contributed by atoms with van der Waals surface area (Å²) in [5, 5.41) is 3.49. The van der Waals surface area contributed by atoms with Crippen molar-refractivity contribution in [2.45, 2.75) is 39.3 Å². The van der Waals surface area contributed by atoms with Crippen molar-refractivity contribution in [2.24, 2.45) is 0 Å². The number of carbonyl (C=O) groups is 1. The second-order valence-electron chi connectivity index (χ2n) is 5.15. The average Bonchev–Trinajstić information content (AvgIpc) is 2.74. The topological polar surface area (TPSA) is 32.3 Å². The first-order valence-corrected chi connectivity index (χ1v) is 6.72. The van der Waals surface area contributed by atoms with Crippen molar-refractivity contribution < 1.29 is 4.79 Å². The number of rotatable bonds is 5. The summed E-state index contributed by atoms with van der Waals surface area (Å²) >= 11 is 0. The summed E-state index contributed by atoms with van der Waals surface area (Å²) in [6.07, 6.45) is 1.74. The van der Waals surface area contributed by atoms with E-state index in [9.17, 15) is 4.79 Å². The summed E-state index contributed by atoms with van der Waals surface area (Å²) in [4.78, 5) is 13.5. The zero-order valence-electron chi connectivity index (χ0n) is 11.3. The van der Waals surface area contributed by atoms with Crippen LogP contribution in [0.3, 0.4) is 0 Å². The number of hydrogen-bond acceptors (Lipinski definition) is 2. The number of nitrogens with zero attached hydrogens (tertiary/aromatic N) is 1. The van der Waals surface area contributed by atoms with Crippen molar-refractivity contribution >= 4 is 5.91 Å². The van der Waals surface area contributed by atoms with Gasteiger partial charge in [0, 0.05) is 32.1 Å². The predicted octanol–water partition coefficient (Wildman–Crippen LogP) is 2.10. The molecule has 18 heavy (non-hydrogen) atoms. The highest BCUT2D eigenvalue weighted by atomic mass is 16.2. The number of carbonyl (C=O) groups excluding carboxylic acids is 1. The lowest BCUT2D eigenvalue weighted by atomic mass is 10.1. The highest BCUT2D eigenvalue weighted by Gasteiger charge is 2.21. The summed E-state index contributed by atoms with van der Waals surface area (Å²) in [6, 6.07) is 8.75. The second-order valence-corrected chi connectivity index (χ2v) is 5.15. The molecule has 3 heteroatoms. The molecule has 1 N–H and O–H groups in total. The molecule has 0 aliphatic carbocycles. The minimum atomic E-state index is 0.305. The van der Waals surface area contributed by atoms with Gasteiger partial charge in [0.25, 0.3) is 0 Å². The van der Waals surface area contributed by atoms with Gasteiger partial charge < -0.3 is 10.2 Å². The van der Waals surface area contributed by atoms with Gasteiger partial charge in [-0.15, -0.1) is 0 Å². The van der Waals surface area contributed by atoms with Crippen molar-refractivity contribution in [2.75, 3.05) is 13.1 Å². The lowest BCUT2D eigenvalue weighted by molar-refractivity contribution is -0.127. The normalized spacial score (nSPS) is 17.2. The SMILES string of the molecule is Cc1ccccc1CN[C@@H](C)CN1CCCC1=O. The molecular weight excluding hydrogens is 224 g/mol. The van der Waals surface area contributed by atoms with E-state index in [1.807, 2.05) is 4.90 Å². The van der Waals surface area contributed by atoms with Gasteiger partial charge in [0.05, 0.1) is 0 Å². The van der Waals surface area contributed by atoms with Crippen LogP contribution in [0, 0.1) is 6.92 Å². The van der Waals surface area contributed by atoms with E-state index in [1.165, 1.54) is 11.1 Å². The molecule has 3 nitrogen and oxygen atoms in total. The summed E-state index contributed by atoms with van der Waals surface area (Å²) in [7, 11) is 0. The summed E-state index contributed by atoms with van der Waals surface area (Å²) in [5.41, 5.74) is 2.64. The van der Waals surface area contributed by atoms with Crippen molar-refractivity contribution in [3.8, 4) is 0 Å². The van der Waals surface area contributed by atoms with E-state index in [4.69, 9.17) is 0 Å². The smallest absolute Gasteiger partial charge is 0.222 e. The Morgan fingerprint density at radius 2 is 2.17 bits per heavy atom. The Morgan fingerprint density at radius 3 is 2.83 bits per heavy atom. The number of amides is 1. The van der Waals surface area contributed by atoms with Crippen molar-refractivity contribution in [1.29, 1.82) is 0 Å². The standard InChI is InChI=1S/C15H22N2O/c1-12-6-3-4-7-14(12)10-16-13(2)11-17-9-5-8-15(17)18/h3-4,6-7,13,16H,5,8-11H2,1-2H3/t13-/m0/s1. The molecule has 0 saturated carbocycles. The Morgan fingerprint density at radius 1 is 1.39 bits per heavy atom. The van der Waals surface area contributed by atoms with E-state index >= 15 is 0 Å². The molecule has 1 aliphatic rings. The molecule has 0 spiro atoms. The molecule has 98 valence electrons. The molecule has 1 aromatic rings. The minimum absolute atomic E-state index is 0.305. The Labute approximate surface area is 109 Å². The number of likely N-dealkylation sites (tertiary alicyclic amines) is 1. The molecular formula is C15H22N2O. The second kappa shape index (κ2) is 6.01. The fraction of sp³-hybridized carbons (Fsp3) is 0.533. The molecule has 1 atom stereocenters. The highest BCUT2D eigenvalue weighted by molar-refractivity contribution is 5.78. The van der Waals surface area contributed by atoms with Crippen LogP contribution in [-0.4, -0.2) is 29.9 Å². The molecule has 1 aromatic carbocycles. The zero-order valence-corrected chi connectivity index (χ0v) is 11.3. The van der Waals surface area contributed by atoms with Gasteiger partial charge in [0.15, 0.2) is 0 Å². The third-order valence-electron chi connectivity index (χ3n) is 3.57. The predicted molar refractivity (Wildman–Crippen MR) is 73.3 cm³/mol. The van der Waals surface area contributed by atoms with Crippen LogP contribution < -0.4 is 5.32 Å². The maximum absolute atomic E-state index is 11.5. The molecule has 2 rings (SSSR count). The Bertz CT molecular complexity index is 417. The molecule has 1 aliphatic heterocycles.